The predicted molar refractivity (Wildman–Crippen MR) is 122 cm³/mol. The standard InChI is InChI=1S/C22H14ClN3OS2/c1-12-6-9-19(28-12)18-11-15(14-4-2-3-5-16(14)24-18)21(27)26-22-25-17-8-7-13(23)10-20(17)29-22/h2-11H,1H3,(H,25,26,27). The van der Waals surface area contributed by atoms with Crippen molar-refractivity contribution in [2.75, 3.05) is 5.32 Å². The van der Waals surface area contributed by atoms with Gasteiger partial charge in [-0.3, -0.25) is 10.1 Å². The number of rotatable bonds is 3. The summed E-state index contributed by atoms with van der Waals surface area (Å²) >= 11 is 9.12. The topological polar surface area (TPSA) is 54.9 Å². The molecule has 0 saturated heterocycles. The first-order valence-corrected chi connectivity index (χ1v) is 10.9. The summed E-state index contributed by atoms with van der Waals surface area (Å²) in [5, 5.41) is 4.95. The van der Waals surface area contributed by atoms with Gasteiger partial charge in [-0.15, -0.1) is 11.3 Å². The highest BCUT2D eigenvalue weighted by atomic mass is 35.5. The van der Waals surface area contributed by atoms with E-state index in [2.05, 4.69) is 23.3 Å². The molecule has 1 amide bonds. The van der Waals surface area contributed by atoms with E-state index in [1.807, 2.05) is 48.5 Å². The minimum absolute atomic E-state index is 0.205. The fourth-order valence-electron chi connectivity index (χ4n) is 3.18. The Morgan fingerprint density at radius 2 is 1.83 bits per heavy atom. The average Bonchev–Trinajstić information content (AvgIpc) is 3.32. The third kappa shape index (κ3) is 3.51. The van der Waals surface area contributed by atoms with Crippen molar-refractivity contribution in [2.24, 2.45) is 0 Å². The SMILES string of the molecule is Cc1ccc(-c2cc(C(=O)Nc3nc4ccc(Cl)cc4s3)c3ccccc3n2)s1. The van der Waals surface area contributed by atoms with Crippen molar-refractivity contribution in [1.29, 1.82) is 0 Å². The van der Waals surface area contributed by atoms with Crippen LogP contribution in [0, 0.1) is 6.92 Å². The van der Waals surface area contributed by atoms with E-state index in [0.29, 0.717) is 15.7 Å². The second kappa shape index (κ2) is 7.22. The fourth-order valence-corrected chi connectivity index (χ4v) is 5.14. The highest BCUT2D eigenvalue weighted by molar-refractivity contribution is 7.22. The number of pyridine rings is 1. The number of carbonyl (C=O) groups excluding carboxylic acids is 1. The van der Waals surface area contributed by atoms with E-state index in [1.54, 1.807) is 17.4 Å². The second-order valence-corrected chi connectivity index (χ2v) is 9.32. The molecule has 0 bridgehead atoms. The largest absolute Gasteiger partial charge is 0.298 e. The Hall–Kier alpha value is -2.80. The number of benzene rings is 2. The summed E-state index contributed by atoms with van der Waals surface area (Å²) < 4.78 is 0.933. The number of carbonyl (C=O) groups is 1. The summed E-state index contributed by atoms with van der Waals surface area (Å²) in [5.74, 6) is -0.205. The number of nitrogens with zero attached hydrogens (tertiary/aromatic N) is 2. The third-order valence-corrected chi connectivity index (χ3v) is 6.72. The summed E-state index contributed by atoms with van der Waals surface area (Å²) in [6, 6.07) is 19.1. The Morgan fingerprint density at radius 3 is 2.66 bits per heavy atom. The van der Waals surface area contributed by atoms with Crippen molar-refractivity contribution in [3.63, 3.8) is 0 Å². The number of anilines is 1. The summed E-state index contributed by atoms with van der Waals surface area (Å²) in [6.45, 7) is 2.06. The van der Waals surface area contributed by atoms with Crippen LogP contribution in [0.15, 0.2) is 60.7 Å². The number of amides is 1. The van der Waals surface area contributed by atoms with Crippen molar-refractivity contribution in [1.82, 2.24) is 9.97 Å². The van der Waals surface area contributed by atoms with Gasteiger partial charge >= 0.3 is 0 Å². The second-order valence-electron chi connectivity index (χ2n) is 6.57. The van der Waals surface area contributed by atoms with Crippen molar-refractivity contribution in [3.8, 4) is 10.6 Å². The Kier molecular flexibility index (Phi) is 4.54. The summed E-state index contributed by atoms with van der Waals surface area (Å²) in [6.07, 6.45) is 0. The zero-order chi connectivity index (χ0) is 20.0. The number of aromatic nitrogens is 2. The zero-order valence-corrected chi connectivity index (χ0v) is 17.7. The monoisotopic (exact) mass is 435 g/mol. The van der Waals surface area contributed by atoms with E-state index >= 15 is 0 Å². The van der Waals surface area contributed by atoms with Crippen LogP contribution in [0.25, 0.3) is 31.7 Å². The molecule has 3 aromatic heterocycles. The summed E-state index contributed by atoms with van der Waals surface area (Å²) in [5.41, 5.74) is 2.97. The molecule has 7 heteroatoms. The number of halogens is 1. The van der Waals surface area contributed by atoms with Crippen LogP contribution >= 0.6 is 34.3 Å². The minimum atomic E-state index is -0.205. The van der Waals surface area contributed by atoms with E-state index in [-0.39, 0.29) is 5.91 Å². The Bertz CT molecular complexity index is 1390. The van der Waals surface area contributed by atoms with E-state index in [0.717, 1.165) is 31.7 Å². The van der Waals surface area contributed by atoms with Crippen LogP contribution in [-0.2, 0) is 0 Å². The van der Waals surface area contributed by atoms with E-state index < -0.39 is 0 Å². The predicted octanol–water partition coefficient (Wildman–Crippen LogP) is 6.79. The molecule has 0 fully saturated rings. The van der Waals surface area contributed by atoms with Gasteiger partial charge in [0.25, 0.3) is 5.91 Å². The van der Waals surface area contributed by atoms with E-state index in [9.17, 15) is 4.79 Å². The first-order chi connectivity index (χ1) is 14.1. The molecule has 2 aromatic carbocycles. The van der Waals surface area contributed by atoms with Crippen LogP contribution in [-0.4, -0.2) is 15.9 Å². The number of aryl methyl sites for hydroxylation is 1. The van der Waals surface area contributed by atoms with Gasteiger partial charge in [0, 0.05) is 15.3 Å². The fraction of sp³-hybridized carbons (Fsp3) is 0.0455. The maximum absolute atomic E-state index is 13.2. The molecular formula is C22H14ClN3OS2. The number of hydrogen-bond acceptors (Lipinski definition) is 5. The number of para-hydroxylation sites is 1. The maximum Gasteiger partial charge on any atom is 0.258 e. The van der Waals surface area contributed by atoms with Gasteiger partial charge in [-0.2, -0.15) is 0 Å². The number of nitrogens with one attached hydrogen (secondary N) is 1. The molecule has 0 atom stereocenters. The first kappa shape index (κ1) is 18.2. The molecule has 0 saturated carbocycles. The molecule has 0 spiro atoms. The molecule has 1 N–H and O–H groups in total. The normalized spacial score (nSPS) is 11.2. The van der Waals surface area contributed by atoms with Gasteiger partial charge in [0.05, 0.1) is 31.9 Å². The van der Waals surface area contributed by atoms with Gasteiger partial charge in [-0.05, 0) is 49.4 Å². The molecular weight excluding hydrogens is 422 g/mol. The van der Waals surface area contributed by atoms with Gasteiger partial charge in [-0.25, -0.2) is 9.97 Å². The number of fused-ring (bicyclic) bond motifs is 2. The average molecular weight is 436 g/mol. The van der Waals surface area contributed by atoms with Crippen LogP contribution < -0.4 is 5.32 Å². The molecule has 4 nitrogen and oxygen atoms in total. The smallest absolute Gasteiger partial charge is 0.258 e. The molecule has 5 rings (SSSR count). The van der Waals surface area contributed by atoms with Crippen LogP contribution in [0.1, 0.15) is 15.2 Å². The Labute approximate surface area is 179 Å². The molecule has 5 aromatic rings. The molecule has 3 heterocycles. The van der Waals surface area contributed by atoms with Crippen molar-refractivity contribution in [3.05, 3.63) is 76.1 Å². The number of hydrogen-bond donors (Lipinski definition) is 1. The van der Waals surface area contributed by atoms with Gasteiger partial charge in [0.15, 0.2) is 5.13 Å². The van der Waals surface area contributed by atoms with Crippen LogP contribution in [0.3, 0.4) is 0 Å². The lowest BCUT2D eigenvalue weighted by Gasteiger charge is -2.08. The summed E-state index contributed by atoms with van der Waals surface area (Å²) in [4.78, 5) is 24.7. The van der Waals surface area contributed by atoms with Gasteiger partial charge in [0.2, 0.25) is 0 Å². The highest BCUT2D eigenvalue weighted by Crippen LogP contribution is 2.32. The lowest BCUT2D eigenvalue weighted by atomic mass is 10.1. The molecule has 142 valence electrons. The van der Waals surface area contributed by atoms with Crippen molar-refractivity contribution < 1.29 is 4.79 Å². The number of thiazole rings is 1. The van der Waals surface area contributed by atoms with Crippen LogP contribution in [0.5, 0.6) is 0 Å². The zero-order valence-electron chi connectivity index (χ0n) is 15.3. The molecule has 0 aliphatic rings. The molecule has 0 aliphatic carbocycles. The quantitative estimate of drug-likeness (QED) is 0.339. The van der Waals surface area contributed by atoms with Gasteiger partial charge in [-0.1, -0.05) is 41.1 Å². The maximum atomic E-state index is 13.2. The van der Waals surface area contributed by atoms with E-state index in [4.69, 9.17) is 16.6 Å². The van der Waals surface area contributed by atoms with Crippen LogP contribution in [0.2, 0.25) is 5.02 Å². The molecule has 0 aliphatic heterocycles. The minimum Gasteiger partial charge on any atom is -0.298 e. The number of thiophene rings is 1. The first-order valence-electron chi connectivity index (χ1n) is 8.91. The third-order valence-electron chi connectivity index (χ3n) is 4.52. The highest BCUT2D eigenvalue weighted by Gasteiger charge is 2.16. The van der Waals surface area contributed by atoms with Gasteiger partial charge in [0.1, 0.15) is 0 Å². The Balaban J connectivity index is 1.57. The van der Waals surface area contributed by atoms with E-state index in [1.165, 1.54) is 16.2 Å². The molecule has 0 unspecified atom stereocenters. The summed E-state index contributed by atoms with van der Waals surface area (Å²) in [7, 11) is 0. The van der Waals surface area contributed by atoms with Crippen molar-refractivity contribution >= 4 is 66.4 Å². The lowest BCUT2D eigenvalue weighted by Crippen LogP contribution is -2.12. The lowest BCUT2D eigenvalue weighted by molar-refractivity contribution is 0.102. The van der Waals surface area contributed by atoms with Crippen LogP contribution in [0.4, 0.5) is 5.13 Å². The van der Waals surface area contributed by atoms with Gasteiger partial charge < -0.3 is 0 Å². The van der Waals surface area contributed by atoms with Crippen molar-refractivity contribution in [2.45, 2.75) is 6.92 Å². The Morgan fingerprint density at radius 1 is 0.966 bits per heavy atom. The molecule has 29 heavy (non-hydrogen) atoms. The molecule has 0 radical (unpaired) electrons.